The highest BCUT2D eigenvalue weighted by Crippen LogP contribution is 2.30. The van der Waals surface area contributed by atoms with Crippen LogP contribution in [-0.2, 0) is 16.0 Å². The van der Waals surface area contributed by atoms with Crippen LogP contribution in [0.1, 0.15) is 32.9 Å². The van der Waals surface area contributed by atoms with Crippen LogP contribution in [0.5, 0.6) is 0 Å². The number of rotatable bonds is 2. The van der Waals surface area contributed by atoms with Crippen molar-refractivity contribution in [3.63, 3.8) is 0 Å². The molecule has 2 fully saturated rings. The molecule has 0 aromatic carbocycles. The molecule has 1 atom stereocenters. The lowest BCUT2D eigenvalue weighted by atomic mass is 10.0. The summed E-state index contributed by atoms with van der Waals surface area (Å²) < 4.78 is 11.6. The lowest BCUT2D eigenvalue weighted by Gasteiger charge is -2.40. The van der Waals surface area contributed by atoms with E-state index < -0.39 is 5.60 Å². The van der Waals surface area contributed by atoms with Crippen molar-refractivity contribution in [2.24, 2.45) is 0 Å². The number of likely N-dealkylation sites (tertiary alicyclic amines) is 1. The van der Waals surface area contributed by atoms with Gasteiger partial charge in [0.25, 0.3) is 0 Å². The van der Waals surface area contributed by atoms with E-state index in [1.54, 1.807) is 17.3 Å². The maximum absolute atomic E-state index is 12.4. The summed E-state index contributed by atoms with van der Waals surface area (Å²) in [5, 5.41) is 0.394. The monoisotopic (exact) mass is 368 g/mol. The molecular weight excluding hydrogens is 344 g/mol. The van der Waals surface area contributed by atoms with Gasteiger partial charge in [0, 0.05) is 26.2 Å². The minimum atomic E-state index is -0.489. The number of morpholine rings is 1. The summed E-state index contributed by atoms with van der Waals surface area (Å²) >= 11 is 5.78. The molecule has 7 nitrogen and oxygen atoms in total. The predicted octanol–water partition coefficient (Wildman–Crippen LogP) is 2.34. The molecule has 0 radical (unpaired) electrons. The lowest BCUT2D eigenvalue weighted by Crippen LogP contribution is -2.55. The van der Waals surface area contributed by atoms with Gasteiger partial charge in [-0.25, -0.2) is 9.78 Å². The first-order valence-corrected chi connectivity index (χ1v) is 8.93. The van der Waals surface area contributed by atoms with Crippen LogP contribution in [0.3, 0.4) is 0 Å². The summed E-state index contributed by atoms with van der Waals surface area (Å²) in [5.74, 6) is 0. The highest BCUT2D eigenvalue weighted by Gasteiger charge is 2.44. The molecule has 1 aromatic heterocycles. The fraction of sp³-hybridized carbons (Fsp3) is 0.706. The number of aromatic nitrogens is 2. The molecule has 2 aliphatic rings. The summed E-state index contributed by atoms with van der Waals surface area (Å²) in [6.07, 6.45) is 3.87. The molecule has 25 heavy (non-hydrogen) atoms. The summed E-state index contributed by atoms with van der Waals surface area (Å²) in [6, 6.07) is 0. The zero-order valence-corrected chi connectivity index (χ0v) is 15.8. The van der Waals surface area contributed by atoms with Gasteiger partial charge in [0.15, 0.2) is 0 Å². The van der Waals surface area contributed by atoms with Crippen LogP contribution in [0.15, 0.2) is 12.4 Å². The quantitative estimate of drug-likeness (QED) is 0.798. The fourth-order valence-electron chi connectivity index (χ4n) is 3.29. The van der Waals surface area contributed by atoms with Crippen LogP contribution >= 0.6 is 11.6 Å². The highest BCUT2D eigenvalue weighted by molar-refractivity contribution is 6.29. The van der Waals surface area contributed by atoms with Crippen molar-refractivity contribution in [3.05, 3.63) is 23.2 Å². The second kappa shape index (κ2) is 7.05. The first kappa shape index (κ1) is 18.4. The van der Waals surface area contributed by atoms with Gasteiger partial charge in [0.2, 0.25) is 0 Å². The number of nitrogens with zero attached hydrogens (tertiary/aromatic N) is 4. The molecule has 3 rings (SSSR count). The Labute approximate surface area is 153 Å². The molecule has 2 aliphatic heterocycles. The Bertz CT molecular complexity index is 619. The maximum Gasteiger partial charge on any atom is 0.410 e. The topological polar surface area (TPSA) is 67.8 Å². The van der Waals surface area contributed by atoms with Gasteiger partial charge in [0.05, 0.1) is 36.8 Å². The molecular formula is C17H25ClN4O3. The Hall–Kier alpha value is -1.44. The van der Waals surface area contributed by atoms with E-state index in [4.69, 9.17) is 21.1 Å². The van der Waals surface area contributed by atoms with Crippen molar-refractivity contribution in [2.75, 3.05) is 32.8 Å². The molecule has 0 saturated carbocycles. The Morgan fingerprint density at radius 3 is 2.80 bits per heavy atom. The third kappa shape index (κ3) is 4.80. The van der Waals surface area contributed by atoms with Crippen molar-refractivity contribution >= 4 is 17.7 Å². The molecule has 138 valence electrons. The molecule has 2 saturated heterocycles. The Morgan fingerprint density at radius 2 is 2.12 bits per heavy atom. The van der Waals surface area contributed by atoms with Crippen molar-refractivity contribution < 1.29 is 14.3 Å². The van der Waals surface area contributed by atoms with Gasteiger partial charge in [-0.2, -0.15) is 0 Å². The van der Waals surface area contributed by atoms with E-state index in [0.29, 0.717) is 31.4 Å². The van der Waals surface area contributed by atoms with E-state index >= 15 is 0 Å². The summed E-state index contributed by atoms with van der Waals surface area (Å²) in [4.78, 5) is 24.8. The van der Waals surface area contributed by atoms with Crippen LogP contribution in [0.2, 0.25) is 5.15 Å². The second-order valence-electron chi connectivity index (χ2n) is 7.72. The highest BCUT2D eigenvalue weighted by atomic mass is 35.5. The normalized spacial score (nSPS) is 24.7. The molecule has 1 unspecified atom stereocenters. The lowest BCUT2D eigenvalue weighted by molar-refractivity contribution is -0.101. The molecule has 0 bridgehead atoms. The standard InChI is InChI=1S/C17H25ClN4O3/c1-16(2,3)25-15(23)22-6-7-24-17(12-22)4-5-21(11-17)10-13-8-20-14(18)9-19-13/h8-9H,4-7,10-12H2,1-3H3. The minimum Gasteiger partial charge on any atom is -0.444 e. The Kier molecular flexibility index (Phi) is 5.18. The fourth-order valence-corrected chi connectivity index (χ4v) is 3.38. The molecule has 1 amide bonds. The van der Waals surface area contributed by atoms with E-state index in [1.165, 1.54) is 0 Å². The third-order valence-corrected chi connectivity index (χ3v) is 4.55. The van der Waals surface area contributed by atoms with E-state index in [2.05, 4.69) is 14.9 Å². The van der Waals surface area contributed by atoms with Crippen LogP contribution in [0.4, 0.5) is 4.79 Å². The average molecular weight is 369 g/mol. The number of amides is 1. The number of halogens is 1. The number of hydrogen-bond acceptors (Lipinski definition) is 6. The Morgan fingerprint density at radius 1 is 1.32 bits per heavy atom. The summed E-state index contributed by atoms with van der Waals surface area (Å²) in [5.41, 5.74) is 0.0632. The first-order valence-electron chi connectivity index (χ1n) is 8.55. The van der Waals surface area contributed by atoms with Gasteiger partial charge in [-0.05, 0) is 27.2 Å². The van der Waals surface area contributed by atoms with E-state index in [9.17, 15) is 4.79 Å². The van der Waals surface area contributed by atoms with E-state index in [0.717, 1.165) is 25.2 Å². The van der Waals surface area contributed by atoms with E-state index in [-0.39, 0.29) is 11.7 Å². The molecule has 0 N–H and O–H groups in total. The number of hydrogen-bond donors (Lipinski definition) is 0. The smallest absolute Gasteiger partial charge is 0.410 e. The van der Waals surface area contributed by atoms with E-state index in [1.807, 2.05) is 20.8 Å². The molecule has 1 aromatic rings. The summed E-state index contributed by atoms with van der Waals surface area (Å²) in [7, 11) is 0. The predicted molar refractivity (Wildman–Crippen MR) is 93.4 cm³/mol. The van der Waals surface area contributed by atoms with Crippen LogP contribution in [-0.4, -0.2) is 69.8 Å². The van der Waals surface area contributed by atoms with Gasteiger partial charge < -0.3 is 14.4 Å². The van der Waals surface area contributed by atoms with Crippen LogP contribution in [0.25, 0.3) is 0 Å². The third-order valence-electron chi connectivity index (χ3n) is 4.35. The second-order valence-corrected chi connectivity index (χ2v) is 8.11. The average Bonchev–Trinajstić information content (AvgIpc) is 2.90. The van der Waals surface area contributed by atoms with Crippen molar-refractivity contribution in [1.29, 1.82) is 0 Å². The van der Waals surface area contributed by atoms with Gasteiger partial charge >= 0.3 is 6.09 Å². The van der Waals surface area contributed by atoms with Crippen molar-refractivity contribution in [3.8, 4) is 0 Å². The van der Waals surface area contributed by atoms with Crippen molar-refractivity contribution in [1.82, 2.24) is 19.8 Å². The van der Waals surface area contributed by atoms with Gasteiger partial charge in [0.1, 0.15) is 10.8 Å². The molecule has 3 heterocycles. The minimum absolute atomic E-state index is 0.266. The summed E-state index contributed by atoms with van der Waals surface area (Å²) in [6.45, 7) is 9.66. The van der Waals surface area contributed by atoms with Gasteiger partial charge in [-0.1, -0.05) is 11.6 Å². The van der Waals surface area contributed by atoms with Gasteiger partial charge in [-0.3, -0.25) is 9.88 Å². The molecule has 1 spiro atoms. The SMILES string of the molecule is CC(C)(C)OC(=O)N1CCOC2(CCN(Cc3cnc(Cl)cn3)C2)C1. The van der Waals surface area contributed by atoms with Crippen LogP contribution in [0, 0.1) is 0 Å². The number of ether oxygens (including phenoxy) is 2. The largest absolute Gasteiger partial charge is 0.444 e. The van der Waals surface area contributed by atoms with Crippen molar-refractivity contribution in [2.45, 2.75) is 44.9 Å². The molecule has 8 heteroatoms. The zero-order valence-electron chi connectivity index (χ0n) is 15.0. The first-order chi connectivity index (χ1) is 11.7. The van der Waals surface area contributed by atoms with Crippen LogP contribution < -0.4 is 0 Å². The Balaban J connectivity index is 1.59. The number of carbonyl (C=O) groups excluding carboxylic acids is 1. The zero-order chi connectivity index (χ0) is 18.1. The maximum atomic E-state index is 12.4. The number of carbonyl (C=O) groups is 1. The van der Waals surface area contributed by atoms with Gasteiger partial charge in [-0.15, -0.1) is 0 Å². The molecule has 0 aliphatic carbocycles.